The molecule has 156 valence electrons. The summed E-state index contributed by atoms with van der Waals surface area (Å²) in [5.74, 6) is 0.112. The minimum atomic E-state index is -0.0304. The van der Waals surface area contributed by atoms with Crippen molar-refractivity contribution in [1.29, 1.82) is 0 Å². The van der Waals surface area contributed by atoms with E-state index in [1.807, 2.05) is 23.5 Å². The average molecular weight is 417 g/mol. The van der Waals surface area contributed by atoms with Gasteiger partial charge in [0.15, 0.2) is 6.04 Å². The summed E-state index contributed by atoms with van der Waals surface area (Å²) in [6.45, 7) is 10.9. The number of morpholine rings is 1. The Bertz CT molecular complexity index is 767. The van der Waals surface area contributed by atoms with Crippen LogP contribution >= 0.6 is 11.3 Å². The zero-order valence-electron chi connectivity index (χ0n) is 17.2. The minimum absolute atomic E-state index is 0.0304. The summed E-state index contributed by atoms with van der Waals surface area (Å²) in [6.07, 6.45) is 0. The maximum Gasteiger partial charge on any atom is 0.282 e. The maximum absolute atomic E-state index is 12.8. The maximum atomic E-state index is 12.8. The Kier molecular flexibility index (Phi) is 6.82. The predicted molar refractivity (Wildman–Crippen MR) is 117 cm³/mol. The largest absolute Gasteiger partial charge is 0.378 e. The van der Waals surface area contributed by atoms with Gasteiger partial charge >= 0.3 is 0 Å². The summed E-state index contributed by atoms with van der Waals surface area (Å²) in [6, 6.07) is 12.5. The third kappa shape index (κ3) is 5.36. The van der Waals surface area contributed by atoms with Gasteiger partial charge in [0, 0.05) is 24.5 Å². The van der Waals surface area contributed by atoms with Crippen molar-refractivity contribution in [2.45, 2.75) is 19.5 Å². The first-order valence-corrected chi connectivity index (χ1v) is 11.5. The molecule has 0 radical (unpaired) electrons. The fraction of sp³-hybridized carbons (Fsp3) is 0.500. The average Bonchev–Trinajstić information content (AvgIpc) is 3.28. The van der Waals surface area contributed by atoms with Crippen LogP contribution in [0.5, 0.6) is 0 Å². The van der Waals surface area contributed by atoms with Crippen LogP contribution in [0.3, 0.4) is 0 Å². The number of rotatable bonds is 6. The van der Waals surface area contributed by atoms with Crippen molar-refractivity contribution in [3.63, 3.8) is 0 Å². The summed E-state index contributed by atoms with van der Waals surface area (Å²) >= 11 is 1.84. The number of ether oxygens (including phenoxy) is 1. The lowest BCUT2D eigenvalue weighted by atomic mass is 10.2. The van der Waals surface area contributed by atoms with E-state index in [9.17, 15) is 4.79 Å². The van der Waals surface area contributed by atoms with Gasteiger partial charge in [-0.05, 0) is 42.6 Å². The van der Waals surface area contributed by atoms with E-state index in [2.05, 4.69) is 46.8 Å². The van der Waals surface area contributed by atoms with E-state index < -0.39 is 0 Å². The molecular formula is C22H32N4O2S+2. The number of nitrogens with zero attached hydrogens (tertiary/aromatic N) is 1. The standard InChI is InChI=1S/C22H30N4O2S/c1-18(25-10-8-24(9-11-25)17-21-3-2-16-29-21)22(27)23-19-4-6-20(7-5-19)26-12-14-28-15-13-26/h2-7,16,18H,8-15,17H2,1H3,(H,23,27)/p+2/t18-/m1/s1. The molecule has 6 nitrogen and oxygen atoms in total. The lowest BCUT2D eigenvalue weighted by molar-refractivity contribution is -1.02. The Morgan fingerprint density at radius 1 is 1.14 bits per heavy atom. The molecular weight excluding hydrogens is 384 g/mol. The molecule has 1 atom stereocenters. The van der Waals surface area contributed by atoms with Crippen molar-refractivity contribution in [3.05, 3.63) is 46.7 Å². The molecule has 2 aliphatic heterocycles. The molecule has 3 heterocycles. The lowest BCUT2D eigenvalue weighted by Crippen LogP contribution is -3.29. The molecule has 2 aliphatic rings. The molecule has 1 amide bonds. The van der Waals surface area contributed by atoms with E-state index in [4.69, 9.17) is 4.74 Å². The predicted octanol–water partition coefficient (Wildman–Crippen LogP) is -0.105. The van der Waals surface area contributed by atoms with Crippen molar-refractivity contribution in [3.8, 4) is 0 Å². The smallest absolute Gasteiger partial charge is 0.282 e. The summed E-state index contributed by atoms with van der Waals surface area (Å²) in [7, 11) is 0. The van der Waals surface area contributed by atoms with Crippen LogP contribution < -0.4 is 20.0 Å². The summed E-state index contributed by atoms with van der Waals surface area (Å²) in [4.78, 5) is 19.6. The highest BCUT2D eigenvalue weighted by atomic mass is 32.1. The van der Waals surface area contributed by atoms with Gasteiger partial charge in [-0.15, -0.1) is 11.3 Å². The SMILES string of the molecule is C[C@H](C(=O)Nc1ccc(N2CCOCC2)cc1)[NH+]1CC[NH+](Cc2cccs2)CC1. The van der Waals surface area contributed by atoms with Gasteiger partial charge in [-0.3, -0.25) is 4.79 Å². The molecule has 0 bridgehead atoms. The molecule has 1 aromatic heterocycles. The number of nitrogens with one attached hydrogen (secondary N) is 3. The molecule has 2 saturated heterocycles. The molecule has 1 aromatic carbocycles. The van der Waals surface area contributed by atoms with Crippen LogP contribution in [-0.2, 0) is 16.1 Å². The molecule has 2 fully saturated rings. The normalized spacial score (nSPS) is 23.6. The van der Waals surface area contributed by atoms with E-state index in [0.717, 1.165) is 64.7 Å². The fourth-order valence-electron chi connectivity index (χ4n) is 4.21. The first-order chi connectivity index (χ1) is 14.2. The fourth-order valence-corrected chi connectivity index (χ4v) is 4.98. The minimum Gasteiger partial charge on any atom is -0.378 e. The molecule has 0 aliphatic carbocycles. The lowest BCUT2D eigenvalue weighted by Gasteiger charge is -2.32. The number of amides is 1. The second-order valence-corrected chi connectivity index (χ2v) is 9.05. The Hall–Kier alpha value is -1.93. The van der Waals surface area contributed by atoms with Crippen LogP contribution in [0, 0.1) is 0 Å². The molecule has 0 unspecified atom stereocenters. The topological polar surface area (TPSA) is 50.5 Å². The molecule has 29 heavy (non-hydrogen) atoms. The van der Waals surface area contributed by atoms with E-state index in [1.54, 1.807) is 4.90 Å². The zero-order chi connectivity index (χ0) is 20.1. The first kappa shape index (κ1) is 20.3. The Morgan fingerprint density at radius 3 is 2.52 bits per heavy atom. The zero-order valence-corrected chi connectivity index (χ0v) is 18.0. The molecule has 0 spiro atoms. The Labute approximate surface area is 177 Å². The van der Waals surface area contributed by atoms with Crippen LogP contribution in [0.25, 0.3) is 0 Å². The number of benzene rings is 1. The van der Waals surface area contributed by atoms with Gasteiger partial charge < -0.3 is 24.8 Å². The van der Waals surface area contributed by atoms with Gasteiger partial charge in [-0.2, -0.15) is 0 Å². The van der Waals surface area contributed by atoms with Crippen molar-refractivity contribution < 1.29 is 19.3 Å². The molecule has 3 N–H and O–H groups in total. The van der Waals surface area contributed by atoms with E-state index >= 15 is 0 Å². The van der Waals surface area contributed by atoms with Crippen LogP contribution in [0.4, 0.5) is 11.4 Å². The van der Waals surface area contributed by atoms with Crippen LogP contribution in [0.1, 0.15) is 11.8 Å². The first-order valence-electron chi connectivity index (χ1n) is 10.6. The van der Waals surface area contributed by atoms with Crippen molar-refractivity contribution >= 4 is 28.6 Å². The molecule has 0 saturated carbocycles. The number of piperazine rings is 1. The quantitative estimate of drug-likeness (QED) is 0.616. The number of hydrogen-bond acceptors (Lipinski definition) is 4. The second kappa shape index (κ2) is 9.71. The highest BCUT2D eigenvalue weighted by molar-refractivity contribution is 7.09. The highest BCUT2D eigenvalue weighted by Gasteiger charge is 2.31. The second-order valence-electron chi connectivity index (χ2n) is 8.02. The summed E-state index contributed by atoms with van der Waals surface area (Å²) < 4.78 is 5.41. The van der Waals surface area contributed by atoms with Crippen molar-refractivity contribution in [2.75, 3.05) is 62.7 Å². The number of anilines is 2. The van der Waals surface area contributed by atoms with E-state index in [0.29, 0.717) is 0 Å². The Morgan fingerprint density at radius 2 is 1.86 bits per heavy atom. The number of carbonyl (C=O) groups excluding carboxylic acids is 1. The van der Waals surface area contributed by atoms with Gasteiger partial charge in [0.2, 0.25) is 0 Å². The summed E-state index contributed by atoms with van der Waals surface area (Å²) in [5, 5.41) is 5.26. The van der Waals surface area contributed by atoms with E-state index in [1.165, 1.54) is 15.5 Å². The van der Waals surface area contributed by atoms with Gasteiger partial charge in [0.1, 0.15) is 32.7 Å². The third-order valence-corrected chi connectivity index (χ3v) is 7.00. The third-order valence-electron chi connectivity index (χ3n) is 6.12. The Balaban J connectivity index is 1.25. The van der Waals surface area contributed by atoms with Crippen LogP contribution in [0.2, 0.25) is 0 Å². The highest BCUT2D eigenvalue weighted by Crippen LogP contribution is 2.19. The number of hydrogen-bond donors (Lipinski definition) is 3. The van der Waals surface area contributed by atoms with E-state index in [-0.39, 0.29) is 11.9 Å². The molecule has 2 aromatic rings. The summed E-state index contributed by atoms with van der Waals surface area (Å²) in [5.41, 5.74) is 2.06. The van der Waals surface area contributed by atoms with Crippen molar-refractivity contribution in [1.82, 2.24) is 0 Å². The van der Waals surface area contributed by atoms with Crippen LogP contribution in [-0.4, -0.2) is 64.4 Å². The monoisotopic (exact) mass is 416 g/mol. The molecule has 7 heteroatoms. The number of thiophene rings is 1. The number of carbonyl (C=O) groups is 1. The van der Waals surface area contributed by atoms with Gasteiger partial charge in [0.25, 0.3) is 5.91 Å². The van der Waals surface area contributed by atoms with Gasteiger partial charge in [-0.1, -0.05) is 6.07 Å². The molecule has 4 rings (SSSR count). The van der Waals surface area contributed by atoms with Crippen molar-refractivity contribution in [2.24, 2.45) is 0 Å². The number of quaternary nitrogens is 2. The van der Waals surface area contributed by atoms with Gasteiger partial charge in [0.05, 0.1) is 18.1 Å². The van der Waals surface area contributed by atoms with Gasteiger partial charge in [-0.25, -0.2) is 0 Å². The van der Waals surface area contributed by atoms with Crippen LogP contribution in [0.15, 0.2) is 41.8 Å².